The van der Waals surface area contributed by atoms with E-state index in [0.717, 1.165) is 6.26 Å². The Labute approximate surface area is 129 Å². The molecule has 0 atom stereocenters. The van der Waals surface area contributed by atoms with E-state index >= 15 is 0 Å². The van der Waals surface area contributed by atoms with Crippen LogP contribution >= 0.6 is 11.6 Å². The van der Waals surface area contributed by atoms with Gasteiger partial charge in [-0.2, -0.15) is 0 Å². The number of sulfonamides is 1. The third-order valence-corrected chi connectivity index (χ3v) is 4.94. The second-order valence-corrected chi connectivity index (χ2v) is 7.39. The number of phenolic OH excluding ortho intramolecular Hbond substituents is 1. The van der Waals surface area contributed by atoms with E-state index in [1.54, 1.807) is 0 Å². The minimum absolute atomic E-state index is 0.131. The maximum absolute atomic E-state index is 12.4. The summed E-state index contributed by atoms with van der Waals surface area (Å²) in [4.78, 5) is 14.0. The zero-order valence-corrected chi connectivity index (χ0v) is 13.2. The molecule has 1 aromatic carbocycles. The van der Waals surface area contributed by atoms with Crippen LogP contribution in [0, 0.1) is 0 Å². The average molecular weight is 333 g/mol. The molecule has 1 heterocycles. The number of amides is 1. The van der Waals surface area contributed by atoms with Crippen LogP contribution in [-0.2, 0) is 10.0 Å². The second kappa shape index (κ2) is 6.21. The predicted octanol–water partition coefficient (Wildman–Crippen LogP) is 1.15. The summed E-state index contributed by atoms with van der Waals surface area (Å²) in [5.74, 6) is -0.473. The Morgan fingerprint density at radius 2 is 1.95 bits per heavy atom. The number of hydrogen-bond acceptors (Lipinski definition) is 4. The molecule has 1 aliphatic heterocycles. The number of carbonyl (C=O) groups is 1. The van der Waals surface area contributed by atoms with Crippen LogP contribution in [0.5, 0.6) is 5.75 Å². The Morgan fingerprint density at radius 3 is 2.62 bits per heavy atom. The fraction of sp³-hybridized carbons (Fsp3) is 0.462. The highest BCUT2D eigenvalue weighted by molar-refractivity contribution is 7.88. The van der Waals surface area contributed by atoms with Gasteiger partial charge in [0.1, 0.15) is 5.75 Å². The van der Waals surface area contributed by atoms with Gasteiger partial charge in [0.25, 0.3) is 5.91 Å². The van der Waals surface area contributed by atoms with Crippen LogP contribution < -0.4 is 0 Å². The van der Waals surface area contributed by atoms with Crippen molar-refractivity contribution in [3.8, 4) is 5.75 Å². The Morgan fingerprint density at radius 1 is 1.24 bits per heavy atom. The van der Waals surface area contributed by atoms with Gasteiger partial charge < -0.3 is 10.0 Å². The van der Waals surface area contributed by atoms with Crippen LogP contribution in [0.1, 0.15) is 16.8 Å². The molecule has 0 unspecified atom stereocenters. The highest BCUT2D eigenvalue weighted by Gasteiger charge is 2.25. The third-order valence-electron chi connectivity index (χ3n) is 3.40. The van der Waals surface area contributed by atoms with E-state index in [4.69, 9.17) is 11.6 Å². The number of carbonyl (C=O) groups excluding carboxylic acids is 1. The van der Waals surface area contributed by atoms with Crippen molar-refractivity contribution in [3.63, 3.8) is 0 Å². The SMILES string of the molecule is CS(=O)(=O)N1CCCN(C(=O)c2cc(Cl)ccc2O)CC1. The van der Waals surface area contributed by atoms with Gasteiger partial charge in [-0.25, -0.2) is 12.7 Å². The van der Waals surface area contributed by atoms with Gasteiger partial charge in [0, 0.05) is 31.2 Å². The first-order valence-electron chi connectivity index (χ1n) is 6.52. The van der Waals surface area contributed by atoms with E-state index in [9.17, 15) is 18.3 Å². The van der Waals surface area contributed by atoms with Gasteiger partial charge in [-0.05, 0) is 24.6 Å². The molecular weight excluding hydrogens is 316 g/mol. The summed E-state index contributed by atoms with van der Waals surface area (Å²) >= 11 is 5.85. The van der Waals surface area contributed by atoms with E-state index in [1.165, 1.54) is 27.4 Å². The molecule has 1 amide bonds. The van der Waals surface area contributed by atoms with Crippen molar-refractivity contribution in [2.24, 2.45) is 0 Å². The molecule has 6 nitrogen and oxygen atoms in total. The van der Waals surface area contributed by atoms with Crippen LogP contribution in [0.25, 0.3) is 0 Å². The molecule has 2 rings (SSSR count). The maximum Gasteiger partial charge on any atom is 0.257 e. The van der Waals surface area contributed by atoms with Gasteiger partial charge in [-0.3, -0.25) is 4.79 Å². The molecule has 0 aromatic heterocycles. The third kappa shape index (κ3) is 3.87. The summed E-state index contributed by atoms with van der Waals surface area (Å²) in [5.41, 5.74) is 0.135. The van der Waals surface area contributed by atoms with Crippen LogP contribution in [0.2, 0.25) is 5.02 Å². The monoisotopic (exact) mass is 332 g/mol. The summed E-state index contributed by atoms with van der Waals surface area (Å²) in [6, 6.07) is 4.29. The fourth-order valence-electron chi connectivity index (χ4n) is 2.28. The van der Waals surface area contributed by atoms with Crippen molar-refractivity contribution >= 4 is 27.5 Å². The van der Waals surface area contributed by atoms with Crippen LogP contribution in [-0.4, -0.2) is 61.1 Å². The summed E-state index contributed by atoms with van der Waals surface area (Å²) < 4.78 is 24.5. The number of benzene rings is 1. The lowest BCUT2D eigenvalue weighted by atomic mass is 10.1. The molecule has 1 aliphatic rings. The average Bonchev–Trinajstić information content (AvgIpc) is 2.66. The number of aromatic hydroxyl groups is 1. The van der Waals surface area contributed by atoms with Crippen molar-refractivity contribution in [2.75, 3.05) is 32.4 Å². The van der Waals surface area contributed by atoms with Gasteiger partial charge >= 0.3 is 0 Å². The molecule has 116 valence electrons. The van der Waals surface area contributed by atoms with Gasteiger partial charge in [0.15, 0.2) is 0 Å². The molecule has 1 aromatic rings. The lowest BCUT2D eigenvalue weighted by Crippen LogP contribution is -2.37. The molecular formula is C13H17ClN2O4S. The Balaban J connectivity index is 2.15. The molecule has 0 bridgehead atoms. The van der Waals surface area contributed by atoms with Crippen molar-refractivity contribution < 1.29 is 18.3 Å². The lowest BCUT2D eigenvalue weighted by molar-refractivity contribution is 0.0761. The number of halogens is 1. The van der Waals surface area contributed by atoms with Crippen molar-refractivity contribution in [2.45, 2.75) is 6.42 Å². The largest absolute Gasteiger partial charge is 0.507 e. The van der Waals surface area contributed by atoms with E-state index in [0.29, 0.717) is 24.5 Å². The van der Waals surface area contributed by atoms with Crippen LogP contribution in [0.3, 0.4) is 0 Å². The first-order chi connectivity index (χ1) is 9.79. The zero-order chi connectivity index (χ0) is 15.6. The number of rotatable bonds is 2. The van der Waals surface area contributed by atoms with Gasteiger partial charge in [-0.15, -0.1) is 0 Å². The van der Waals surface area contributed by atoms with Crippen molar-refractivity contribution in [3.05, 3.63) is 28.8 Å². The molecule has 1 saturated heterocycles. The van der Waals surface area contributed by atoms with E-state index in [-0.39, 0.29) is 30.3 Å². The number of hydrogen-bond donors (Lipinski definition) is 1. The zero-order valence-electron chi connectivity index (χ0n) is 11.6. The van der Waals surface area contributed by atoms with Crippen LogP contribution in [0.15, 0.2) is 18.2 Å². The van der Waals surface area contributed by atoms with Crippen molar-refractivity contribution in [1.82, 2.24) is 9.21 Å². The van der Waals surface area contributed by atoms with Gasteiger partial charge in [0.05, 0.1) is 11.8 Å². The highest BCUT2D eigenvalue weighted by Crippen LogP contribution is 2.23. The summed E-state index contributed by atoms with van der Waals surface area (Å²) in [6.45, 7) is 1.38. The minimum Gasteiger partial charge on any atom is -0.507 e. The topological polar surface area (TPSA) is 77.9 Å². The first-order valence-corrected chi connectivity index (χ1v) is 8.74. The lowest BCUT2D eigenvalue weighted by Gasteiger charge is -2.21. The molecule has 1 fully saturated rings. The molecule has 0 spiro atoms. The molecule has 0 saturated carbocycles. The van der Waals surface area contributed by atoms with E-state index in [2.05, 4.69) is 0 Å². The quantitative estimate of drug-likeness (QED) is 0.881. The molecule has 0 aliphatic carbocycles. The van der Waals surface area contributed by atoms with Crippen molar-refractivity contribution in [1.29, 1.82) is 0 Å². The van der Waals surface area contributed by atoms with Gasteiger partial charge in [-0.1, -0.05) is 11.6 Å². The van der Waals surface area contributed by atoms with Crippen LogP contribution in [0.4, 0.5) is 0 Å². The molecule has 21 heavy (non-hydrogen) atoms. The molecule has 0 radical (unpaired) electrons. The summed E-state index contributed by atoms with van der Waals surface area (Å²) in [7, 11) is -3.25. The maximum atomic E-state index is 12.4. The fourth-order valence-corrected chi connectivity index (χ4v) is 3.32. The van der Waals surface area contributed by atoms with Gasteiger partial charge in [0.2, 0.25) is 10.0 Å². The second-order valence-electron chi connectivity index (χ2n) is 4.97. The summed E-state index contributed by atoms with van der Waals surface area (Å²) in [5, 5.41) is 10.1. The first kappa shape index (κ1) is 16.1. The Hall–Kier alpha value is -1.31. The molecule has 1 N–H and O–H groups in total. The van der Waals surface area contributed by atoms with E-state index < -0.39 is 10.0 Å². The normalized spacial score (nSPS) is 17.5. The Bertz CT molecular complexity index is 648. The minimum atomic E-state index is -3.25. The number of nitrogens with zero attached hydrogens (tertiary/aromatic N) is 2. The predicted molar refractivity (Wildman–Crippen MR) is 80.1 cm³/mol. The highest BCUT2D eigenvalue weighted by atomic mass is 35.5. The number of phenols is 1. The molecule has 8 heteroatoms. The Kier molecular flexibility index (Phi) is 4.75. The summed E-state index contributed by atoms with van der Waals surface area (Å²) in [6.07, 6.45) is 1.72. The van der Waals surface area contributed by atoms with E-state index in [1.807, 2.05) is 0 Å². The smallest absolute Gasteiger partial charge is 0.257 e. The standard InChI is InChI=1S/C13H17ClN2O4S/c1-21(19,20)16-6-2-5-15(7-8-16)13(18)11-9-10(14)3-4-12(11)17/h3-4,9,17H,2,5-8H2,1H3.